The van der Waals surface area contributed by atoms with E-state index in [4.69, 9.17) is 10.3 Å². The average Bonchev–Trinajstić information content (AvgIpc) is 2.83. The first-order valence-corrected chi connectivity index (χ1v) is 4.43. The van der Waals surface area contributed by atoms with Crippen LogP contribution in [0.25, 0.3) is 10.4 Å². The van der Waals surface area contributed by atoms with E-state index in [-0.39, 0.29) is 12.6 Å². The Bertz CT molecular complexity index is 395. The summed E-state index contributed by atoms with van der Waals surface area (Å²) < 4.78 is 6.64. The summed E-state index contributed by atoms with van der Waals surface area (Å²) in [5.41, 5.74) is 8.14. The largest absolute Gasteiger partial charge is 0.443 e. The van der Waals surface area contributed by atoms with E-state index in [1.807, 2.05) is 12.1 Å². The summed E-state index contributed by atoms with van der Waals surface area (Å²) in [5, 5.41) is 4.81. The lowest BCUT2D eigenvalue weighted by Crippen LogP contribution is -2.34. The Morgan fingerprint density at radius 3 is 3.00 bits per heavy atom. The molecule has 1 aliphatic rings. The van der Waals surface area contributed by atoms with Gasteiger partial charge in [-0.25, -0.2) is 9.80 Å². The zero-order valence-electron chi connectivity index (χ0n) is 7.85. The highest BCUT2D eigenvalue weighted by Gasteiger charge is 2.31. The predicted molar refractivity (Wildman–Crippen MR) is 51.8 cm³/mol. The summed E-state index contributed by atoms with van der Waals surface area (Å²) in [6, 6.07) is 3.63. The lowest BCUT2D eigenvalue weighted by molar-refractivity contribution is 0.144. The quantitative estimate of drug-likeness (QED) is 0.424. The summed E-state index contributed by atoms with van der Waals surface area (Å²) >= 11 is 0. The number of carbonyl (C=O) groups excluding carboxylic acids is 1. The first-order valence-electron chi connectivity index (χ1n) is 4.43. The number of hydrogen-bond acceptors (Lipinski definition) is 3. The monoisotopic (exact) mass is 207 g/mol. The van der Waals surface area contributed by atoms with Gasteiger partial charge < -0.3 is 4.74 Å². The van der Waals surface area contributed by atoms with Crippen LogP contribution >= 0.6 is 0 Å². The van der Waals surface area contributed by atoms with Gasteiger partial charge in [-0.15, -0.1) is 0 Å². The van der Waals surface area contributed by atoms with Crippen LogP contribution in [0.5, 0.6) is 0 Å². The topological polar surface area (TPSA) is 83.2 Å². The van der Waals surface area contributed by atoms with Gasteiger partial charge in [0.05, 0.1) is 13.1 Å². The second-order valence-corrected chi connectivity index (χ2v) is 3.06. The van der Waals surface area contributed by atoms with E-state index in [9.17, 15) is 4.79 Å². The van der Waals surface area contributed by atoms with Crippen molar-refractivity contribution in [3.05, 3.63) is 35.0 Å². The molecule has 2 heterocycles. The van der Waals surface area contributed by atoms with Crippen LogP contribution in [0.4, 0.5) is 4.79 Å². The van der Waals surface area contributed by atoms with Gasteiger partial charge in [-0.3, -0.25) is 4.68 Å². The molecule has 0 unspecified atom stereocenters. The van der Waals surface area contributed by atoms with E-state index in [2.05, 4.69) is 10.0 Å². The van der Waals surface area contributed by atoms with Gasteiger partial charge >= 0.3 is 6.09 Å². The first kappa shape index (κ1) is 9.42. The molecule has 1 atom stereocenters. The maximum Gasteiger partial charge on any atom is 0.429 e. The van der Waals surface area contributed by atoms with Gasteiger partial charge in [0.25, 0.3) is 0 Å². The molecule has 1 amide bonds. The third kappa shape index (κ3) is 1.87. The molecule has 0 aromatic carbocycles. The number of ether oxygens (including phenoxy) is 1. The molecule has 0 bridgehead atoms. The Morgan fingerprint density at radius 1 is 1.60 bits per heavy atom. The van der Waals surface area contributed by atoms with Gasteiger partial charge in [0.15, 0.2) is 0 Å². The van der Waals surface area contributed by atoms with E-state index in [1.54, 1.807) is 17.1 Å². The molecule has 1 aliphatic heterocycles. The van der Waals surface area contributed by atoms with Crippen molar-refractivity contribution >= 4 is 6.09 Å². The standard InChI is InChI=1S/C8H9N5O2/c9-11-10-5-7-6-13(8(14)15-7)12-3-1-2-4-12/h1-4,7H,5-6H2/t7-/m0/s1. The summed E-state index contributed by atoms with van der Waals surface area (Å²) in [4.78, 5) is 14.0. The molecule has 1 aromatic heterocycles. The van der Waals surface area contributed by atoms with Crippen molar-refractivity contribution in [1.29, 1.82) is 0 Å². The van der Waals surface area contributed by atoms with Crippen molar-refractivity contribution < 1.29 is 9.53 Å². The van der Waals surface area contributed by atoms with Crippen LogP contribution in [-0.4, -0.2) is 30.0 Å². The zero-order chi connectivity index (χ0) is 10.7. The van der Waals surface area contributed by atoms with E-state index in [0.717, 1.165) is 0 Å². The number of carbonyl (C=O) groups is 1. The summed E-state index contributed by atoms with van der Waals surface area (Å²) in [6.45, 7) is 0.562. The number of rotatable bonds is 3. The van der Waals surface area contributed by atoms with Gasteiger partial charge in [0.1, 0.15) is 6.10 Å². The maximum absolute atomic E-state index is 11.4. The van der Waals surface area contributed by atoms with Crippen LogP contribution in [0.2, 0.25) is 0 Å². The highest BCUT2D eigenvalue weighted by Crippen LogP contribution is 2.10. The van der Waals surface area contributed by atoms with Gasteiger partial charge in [-0.1, -0.05) is 5.11 Å². The molecule has 15 heavy (non-hydrogen) atoms. The fourth-order valence-electron chi connectivity index (χ4n) is 1.41. The fourth-order valence-corrected chi connectivity index (χ4v) is 1.41. The van der Waals surface area contributed by atoms with Crippen molar-refractivity contribution in [3.63, 3.8) is 0 Å². The van der Waals surface area contributed by atoms with Gasteiger partial charge in [-0.2, -0.15) is 0 Å². The SMILES string of the molecule is [N-]=[N+]=NC[C@H]1CN(n2cccc2)C(=O)O1. The maximum atomic E-state index is 11.4. The molecule has 7 heteroatoms. The van der Waals surface area contributed by atoms with Crippen molar-refractivity contribution in [3.8, 4) is 0 Å². The van der Waals surface area contributed by atoms with Crippen molar-refractivity contribution in [2.45, 2.75) is 6.10 Å². The third-order valence-electron chi connectivity index (χ3n) is 2.07. The van der Waals surface area contributed by atoms with E-state index < -0.39 is 6.09 Å². The highest BCUT2D eigenvalue weighted by molar-refractivity contribution is 5.80. The Balaban J connectivity index is 2.05. The number of cyclic esters (lactones) is 1. The minimum Gasteiger partial charge on any atom is -0.443 e. The Hall–Kier alpha value is -2.14. The van der Waals surface area contributed by atoms with Crippen LogP contribution in [-0.2, 0) is 4.74 Å². The van der Waals surface area contributed by atoms with Crippen LogP contribution in [0.3, 0.4) is 0 Å². The summed E-state index contributed by atoms with van der Waals surface area (Å²) in [7, 11) is 0. The lowest BCUT2D eigenvalue weighted by atomic mass is 10.4. The van der Waals surface area contributed by atoms with Gasteiger partial charge in [0.2, 0.25) is 0 Å². The second-order valence-electron chi connectivity index (χ2n) is 3.06. The Labute approximate surface area is 85.4 Å². The van der Waals surface area contributed by atoms with E-state index >= 15 is 0 Å². The van der Waals surface area contributed by atoms with Crippen LogP contribution in [0, 0.1) is 0 Å². The minimum absolute atomic E-state index is 0.167. The Kier molecular flexibility index (Phi) is 2.47. The fraction of sp³-hybridized carbons (Fsp3) is 0.375. The molecule has 0 saturated carbocycles. The highest BCUT2D eigenvalue weighted by atomic mass is 16.6. The number of hydrogen-bond donors (Lipinski definition) is 0. The number of nitrogens with zero attached hydrogens (tertiary/aromatic N) is 5. The minimum atomic E-state index is -0.427. The zero-order valence-corrected chi connectivity index (χ0v) is 7.85. The molecule has 0 spiro atoms. The summed E-state index contributed by atoms with van der Waals surface area (Å²) in [5.74, 6) is 0. The molecule has 78 valence electrons. The predicted octanol–water partition coefficient (Wildman–Crippen LogP) is 1.26. The molecule has 1 saturated heterocycles. The smallest absolute Gasteiger partial charge is 0.429 e. The van der Waals surface area contributed by atoms with Crippen LogP contribution < -0.4 is 5.01 Å². The average molecular weight is 207 g/mol. The first-order chi connectivity index (χ1) is 7.31. The number of amides is 1. The van der Waals surface area contributed by atoms with Crippen molar-refractivity contribution in [2.75, 3.05) is 18.1 Å². The summed E-state index contributed by atoms with van der Waals surface area (Å²) in [6.07, 6.45) is 2.70. The lowest BCUT2D eigenvalue weighted by Gasteiger charge is -2.13. The van der Waals surface area contributed by atoms with E-state index in [0.29, 0.717) is 6.54 Å². The Morgan fingerprint density at radius 2 is 2.33 bits per heavy atom. The molecule has 0 aliphatic carbocycles. The molecule has 1 aromatic rings. The molecule has 7 nitrogen and oxygen atoms in total. The second kappa shape index (κ2) is 3.93. The molecule has 1 fully saturated rings. The van der Waals surface area contributed by atoms with Crippen molar-refractivity contribution in [2.24, 2.45) is 5.11 Å². The molecular weight excluding hydrogens is 198 g/mol. The van der Waals surface area contributed by atoms with Gasteiger partial charge in [-0.05, 0) is 17.7 Å². The van der Waals surface area contributed by atoms with E-state index in [1.165, 1.54) is 5.01 Å². The van der Waals surface area contributed by atoms with Gasteiger partial charge in [0, 0.05) is 17.3 Å². The molecular formula is C8H9N5O2. The van der Waals surface area contributed by atoms with Crippen LogP contribution in [0.15, 0.2) is 29.6 Å². The molecule has 2 rings (SSSR count). The van der Waals surface area contributed by atoms with Crippen LogP contribution in [0.1, 0.15) is 0 Å². The van der Waals surface area contributed by atoms with Crippen molar-refractivity contribution in [1.82, 2.24) is 4.68 Å². The molecule has 0 radical (unpaired) electrons. The number of azide groups is 1. The third-order valence-corrected chi connectivity index (χ3v) is 2.07. The molecule has 0 N–H and O–H groups in total. The number of aromatic nitrogens is 1. The normalized spacial score (nSPS) is 19.9.